The lowest BCUT2D eigenvalue weighted by molar-refractivity contribution is -0.226. The highest BCUT2D eigenvalue weighted by atomic mass is 16.7. The number of hydrogen-bond donors (Lipinski definition) is 0. The summed E-state index contributed by atoms with van der Waals surface area (Å²) >= 11 is 0. The fourth-order valence-electron chi connectivity index (χ4n) is 6.50. The van der Waals surface area contributed by atoms with Crippen LogP contribution < -0.4 is 0 Å². The summed E-state index contributed by atoms with van der Waals surface area (Å²) in [6, 6.07) is 0. The zero-order chi connectivity index (χ0) is 16.7. The molecular formula is C20H26O4. The van der Waals surface area contributed by atoms with E-state index in [1.165, 1.54) is 0 Å². The molecule has 2 saturated carbocycles. The minimum absolute atomic E-state index is 0.0227. The maximum Gasteiger partial charge on any atom is 0.309 e. The fraction of sp³-hybridized carbons (Fsp3) is 0.750. The topological polar surface area (TPSA) is 44.8 Å². The maximum absolute atomic E-state index is 12.5. The van der Waals surface area contributed by atoms with Gasteiger partial charge in [-0.25, -0.2) is 0 Å². The van der Waals surface area contributed by atoms with Crippen LogP contribution in [0, 0.1) is 28.6 Å². The van der Waals surface area contributed by atoms with Crippen molar-refractivity contribution in [1.29, 1.82) is 0 Å². The predicted molar refractivity (Wildman–Crippen MR) is 87.7 cm³/mol. The molecule has 0 aromatic carbocycles. The molecule has 0 amide bonds. The lowest BCUT2D eigenvalue weighted by Crippen LogP contribution is -2.62. The van der Waals surface area contributed by atoms with Crippen molar-refractivity contribution in [2.75, 3.05) is 0 Å². The number of hydrogen-bond acceptors (Lipinski definition) is 4. The monoisotopic (exact) mass is 330 g/mol. The van der Waals surface area contributed by atoms with Crippen molar-refractivity contribution in [3.05, 3.63) is 24.0 Å². The molecule has 3 aliphatic heterocycles. The molecule has 4 heteroatoms. The van der Waals surface area contributed by atoms with Crippen molar-refractivity contribution in [2.24, 2.45) is 28.6 Å². The lowest BCUT2D eigenvalue weighted by Gasteiger charge is -2.61. The van der Waals surface area contributed by atoms with E-state index in [9.17, 15) is 4.79 Å². The maximum atomic E-state index is 12.5. The Bertz CT molecular complexity index is 652. The summed E-state index contributed by atoms with van der Waals surface area (Å²) in [6.07, 6.45) is 9.75. The number of carbonyl (C=O) groups is 1. The Morgan fingerprint density at radius 2 is 2.08 bits per heavy atom. The fourth-order valence-corrected chi connectivity index (χ4v) is 6.50. The normalized spacial score (nSPS) is 57.0. The van der Waals surface area contributed by atoms with Crippen LogP contribution in [0.2, 0.25) is 0 Å². The summed E-state index contributed by atoms with van der Waals surface area (Å²) in [4.78, 5) is 12.5. The molecule has 1 saturated heterocycles. The molecule has 0 bridgehead atoms. The van der Waals surface area contributed by atoms with E-state index >= 15 is 0 Å². The van der Waals surface area contributed by atoms with Gasteiger partial charge in [-0.1, -0.05) is 26.8 Å². The van der Waals surface area contributed by atoms with Crippen LogP contribution in [0.25, 0.3) is 0 Å². The van der Waals surface area contributed by atoms with Crippen LogP contribution in [0.15, 0.2) is 24.0 Å². The van der Waals surface area contributed by atoms with Gasteiger partial charge in [-0.3, -0.25) is 4.79 Å². The largest absolute Gasteiger partial charge is 0.468 e. The number of allylic oxidation sites excluding steroid dienone is 1. The van der Waals surface area contributed by atoms with Gasteiger partial charge in [0.2, 0.25) is 6.29 Å². The molecule has 4 nitrogen and oxygen atoms in total. The molecule has 5 rings (SSSR count). The number of carbonyl (C=O) groups excluding carboxylic acids is 1. The van der Waals surface area contributed by atoms with Crippen LogP contribution in [0.1, 0.15) is 46.5 Å². The van der Waals surface area contributed by atoms with E-state index in [0.29, 0.717) is 11.8 Å². The van der Waals surface area contributed by atoms with Crippen molar-refractivity contribution in [3.63, 3.8) is 0 Å². The van der Waals surface area contributed by atoms with Gasteiger partial charge in [-0.15, -0.1) is 0 Å². The van der Waals surface area contributed by atoms with E-state index in [0.717, 1.165) is 31.3 Å². The van der Waals surface area contributed by atoms with Crippen LogP contribution >= 0.6 is 0 Å². The van der Waals surface area contributed by atoms with Crippen molar-refractivity contribution < 1.29 is 19.0 Å². The standard InChI is InChI=1S/C20H26O4/c1-11-10-15-20(3)13(17(21)24-15)4-5-14-16(20)19(11,2)8-6-12-7-9-22-18(12)23-14/h6-7,9,11,13-16,18H,4-5,8,10H2,1-3H3/b12-6-/t11-,13+,14-,15+,16-,18+,19+,20+/m1/s1. The van der Waals surface area contributed by atoms with Gasteiger partial charge in [-0.05, 0) is 43.1 Å². The van der Waals surface area contributed by atoms with E-state index in [4.69, 9.17) is 14.2 Å². The second kappa shape index (κ2) is 4.66. The van der Waals surface area contributed by atoms with Gasteiger partial charge >= 0.3 is 5.97 Å². The van der Waals surface area contributed by atoms with Crippen LogP contribution in [-0.2, 0) is 19.0 Å². The minimum atomic E-state index is -0.270. The Labute approximate surface area is 143 Å². The molecule has 24 heavy (non-hydrogen) atoms. The van der Waals surface area contributed by atoms with Gasteiger partial charge in [-0.2, -0.15) is 0 Å². The minimum Gasteiger partial charge on any atom is -0.468 e. The van der Waals surface area contributed by atoms with Gasteiger partial charge in [0.15, 0.2) is 0 Å². The molecule has 0 aromatic heterocycles. The van der Waals surface area contributed by atoms with Gasteiger partial charge in [0.25, 0.3) is 0 Å². The molecule has 5 aliphatic rings. The van der Waals surface area contributed by atoms with Crippen molar-refractivity contribution in [1.82, 2.24) is 0 Å². The zero-order valence-electron chi connectivity index (χ0n) is 14.7. The summed E-state index contributed by atoms with van der Waals surface area (Å²) in [6.45, 7) is 7.02. The van der Waals surface area contributed by atoms with Crippen molar-refractivity contribution in [2.45, 2.75) is 65.0 Å². The molecule has 8 atom stereocenters. The highest BCUT2D eigenvalue weighted by Crippen LogP contribution is 2.67. The molecule has 0 unspecified atom stereocenters. The second-order valence-corrected chi connectivity index (χ2v) is 8.90. The SMILES string of the molecule is C[C@@H]1C[C@@H]2OC(=O)[C@@H]3CC[C@H]4O[C@@H]5OC=C/C5=C/C[C@]1(C)[C@@H]4[C@]23C. The average molecular weight is 330 g/mol. The summed E-state index contributed by atoms with van der Waals surface area (Å²) in [5.74, 6) is 0.876. The first-order valence-electron chi connectivity index (χ1n) is 9.32. The number of rotatable bonds is 0. The Balaban J connectivity index is 1.65. The quantitative estimate of drug-likeness (QED) is 0.637. The number of fused-ring (bicyclic) bond motifs is 1. The Hall–Kier alpha value is -1.29. The third-order valence-electron chi connectivity index (χ3n) is 7.98. The van der Waals surface area contributed by atoms with E-state index in [2.05, 4.69) is 26.8 Å². The van der Waals surface area contributed by atoms with E-state index < -0.39 is 0 Å². The molecule has 2 aliphatic carbocycles. The van der Waals surface area contributed by atoms with Crippen LogP contribution in [-0.4, -0.2) is 24.5 Å². The zero-order valence-corrected chi connectivity index (χ0v) is 14.7. The Morgan fingerprint density at radius 3 is 2.92 bits per heavy atom. The summed E-state index contributed by atoms with van der Waals surface area (Å²) in [5.41, 5.74) is 1.16. The second-order valence-electron chi connectivity index (χ2n) is 8.90. The third kappa shape index (κ3) is 1.66. The van der Waals surface area contributed by atoms with E-state index in [1.54, 1.807) is 6.26 Å². The number of ether oxygens (including phenoxy) is 3. The highest BCUT2D eigenvalue weighted by molar-refractivity contribution is 5.76. The predicted octanol–water partition coefficient (Wildman–Crippen LogP) is 3.58. The Kier molecular flexibility index (Phi) is 2.91. The molecule has 0 spiro atoms. The number of esters is 1. The lowest BCUT2D eigenvalue weighted by atomic mass is 9.43. The summed E-state index contributed by atoms with van der Waals surface area (Å²) in [5, 5.41) is 0. The molecule has 130 valence electrons. The molecule has 0 N–H and O–H groups in total. The van der Waals surface area contributed by atoms with Gasteiger partial charge in [0.05, 0.1) is 18.3 Å². The van der Waals surface area contributed by atoms with Crippen LogP contribution in [0.3, 0.4) is 0 Å². The summed E-state index contributed by atoms with van der Waals surface area (Å²) in [7, 11) is 0. The molecule has 3 heterocycles. The van der Waals surface area contributed by atoms with Crippen molar-refractivity contribution in [3.8, 4) is 0 Å². The average Bonchev–Trinajstić information content (AvgIpc) is 3.05. The van der Waals surface area contributed by atoms with Gasteiger partial charge in [0, 0.05) is 16.9 Å². The van der Waals surface area contributed by atoms with E-state index in [1.807, 2.05) is 6.08 Å². The van der Waals surface area contributed by atoms with Crippen molar-refractivity contribution >= 4 is 5.97 Å². The molecule has 0 radical (unpaired) electrons. The molecule has 0 aromatic rings. The van der Waals surface area contributed by atoms with Gasteiger partial charge < -0.3 is 14.2 Å². The first-order valence-corrected chi connectivity index (χ1v) is 9.32. The highest BCUT2D eigenvalue weighted by Gasteiger charge is 2.69. The van der Waals surface area contributed by atoms with Crippen LogP contribution in [0.5, 0.6) is 0 Å². The molecular weight excluding hydrogens is 304 g/mol. The third-order valence-corrected chi connectivity index (χ3v) is 7.98. The first kappa shape index (κ1) is 15.0. The smallest absolute Gasteiger partial charge is 0.309 e. The van der Waals surface area contributed by atoms with E-state index in [-0.39, 0.29) is 41.2 Å². The molecule has 3 fully saturated rings. The van der Waals surface area contributed by atoms with Gasteiger partial charge in [0.1, 0.15) is 6.10 Å². The first-order chi connectivity index (χ1) is 11.4. The summed E-state index contributed by atoms with van der Waals surface area (Å²) < 4.78 is 18.0. The van der Waals surface area contributed by atoms with Crippen LogP contribution in [0.4, 0.5) is 0 Å². The Morgan fingerprint density at radius 1 is 1.25 bits per heavy atom.